The summed E-state index contributed by atoms with van der Waals surface area (Å²) in [6, 6.07) is 0. The molecule has 2 aliphatic rings. The minimum atomic E-state index is 0.156. The molecule has 0 aliphatic heterocycles. The van der Waals surface area contributed by atoms with Crippen LogP contribution in [0.2, 0.25) is 0 Å². The topological polar surface area (TPSA) is 54.9 Å². The van der Waals surface area contributed by atoms with Gasteiger partial charge in [-0.3, -0.25) is 4.79 Å². The van der Waals surface area contributed by atoms with Gasteiger partial charge >= 0.3 is 0 Å². The van der Waals surface area contributed by atoms with Crippen molar-refractivity contribution in [3.05, 3.63) is 6.20 Å². The number of fused-ring (bicyclic) bond motifs is 1. The zero-order valence-electron chi connectivity index (χ0n) is 7.64. The molecule has 0 bridgehead atoms. The lowest BCUT2D eigenvalue weighted by atomic mass is 10.0. The highest BCUT2D eigenvalue weighted by molar-refractivity contribution is 7.10. The van der Waals surface area contributed by atoms with Crippen LogP contribution in [0, 0.1) is 17.8 Å². The molecule has 2 fully saturated rings. The zero-order chi connectivity index (χ0) is 9.54. The molecule has 74 valence electrons. The summed E-state index contributed by atoms with van der Waals surface area (Å²) < 4.78 is 3.70. The third-order valence-electron chi connectivity index (χ3n) is 3.22. The summed E-state index contributed by atoms with van der Waals surface area (Å²) in [4.78, 5) is 11.7. The summed E-state index contributed by atoms with van der Waals surface area (Å²) >= 11 is 1.23. The smallest absolute Gasteiger partial charge is 0.228 e. The average Bonchev–Trinajstić information content (AvgIpc) is 2.68. The summed E-state index contributed by atoms with van der Waals surface area (Å²) in [7, 11) is 0. The fourth-order valence-corrected chi connectivity index (χ4v) is 2.80. The Kier molecular flexibility index (Phi) is 1.80. The van der Waals surface area contributed by atoms with Crippen LogP contribution in [-0.4, -0.2) is 15.5 Å². The molecule has 5 heteroatoms. The van der Waals surface area contributed by atoms with Gasteiger partial charge in [-0.25, -0.2) is 0 Å². The Hall–Kier alpha value is -0.970. The number of nitrogens with one attached hydrogen (secondary N) is 1. The fraction of sp³-hybridized carbons (Fsp3) is 0.667. The van der Waals surface area contributed by atoms with E-state index in [2.05, 4.69) is 14.9 Å². The van der Waals surface area contributed by atoms with Gasteiger partial charge in [-0.1, -0.05) is 4.49 Å². The number of amides is 1. The molecule has 1 N–H and O–H groups in total. The van der Waals surface area contributed by atoms with Crippen LogP contribution in [0.1, 0.15) is 19.3 Å². The number of anilines is 1. The van der Waals surface area contributed by atoms with Crippen molar-refractivity contribution >= 4 is 22.4 Å². The van der Waals surface area contributed by atoms with E-state index in [1.165, 1.54) is 18.0 Å². The van der Waals surface area contributed by atoms with Crippen LogP contribution >= 0.6 is 11.5 Å². The molecule has 0 radical (unpaired) electrons. The third-order valence-corrected chi connectivity index (χ3v) is 3.80. The van der Waals surface area contributed by atoms with Gasteiger partial charge in [0.05, 0.1) is 6.20 Å². The maximum atomic E-state index is 11.7. The van der Waals surface area contributed by atoms with E-state index < -0.39 is 0 Å². The molecule has 3 rings (SSSR count). The molecular formula is C9H11N3OS. The van der Waals surface area contributed by atoms with Gasteiger partial charge in [-0.05, 0) is 31.1 Å². The number of carbonyl (C=O) groups is 1. The first-order valence-corrected chi connectivity index (χ1v) is 5.68. The lowest BCUT2D eigenvalue weighted by Crippen LogP contribution is -2.20. The van der Waals surface area contributed by atoms with Crippen molar-refractivity contribution in [2.45, 2.75) is 19.3 Å². The van der Waals surface area contributed by atoms with Gasteiger partial charge in [-0.15, -0.1) is 5.10 Å². The summed E-state index contributed by atoms with van der Waals surface area (Å²) in [5.41, 5.74) is 0. The lowest BCUT2D eigenvalue weighted by molar-refractivity contribution is -0.119. The van der Waals surface area contributed by atoms with Crippen molar-refractivity contribution < 1.29 is 4.79 Å². The molecule has 0 spiro atoms. The number of hydrogen-bond acceptors (Lipinski definition) is 4. The quantitative estimate of drug-likeness (QED) is 0.803. The summed E-state index contributed by atoms with van der Waals surface area (Å²) in [6.45, 7) is 0. The predicted molar refractivity (Wildman–Crippen MR) is 52.9 cm³/mol. The minimum Gasteiger partial charge on any atom is -0.315 e. The maximum Gasteiger partial charge on any atom is 0.228 e. The molecule has 1 heterocycles. The van der Waals surface area contributed by atoms with E-state index in [4.69, 9.17) is 0 Å². The van der Waals surface area contributed by atoms with Crippen molar-refractivity contribution in [2.75, 3.05) is 5.32 Å². The molecule has 14 heavy (non-hydrogen) atoms. The molecule has 2 saturated carbocycles. The highest BCUT2D eigenvalue weighted by Gasteiger charge is 2.47. The van der Waals surface area contributed by atoms with Gasteiger partial charge in [0.15, 0.2) is 0 Å². The molecule has 0 aromatic carbocycles. The molecule has 1 amide bonds. The first-order chi connectivity index (χ1) is 6.83. The van der Waals surface area contributed by atoms with Crippen molar-refractivity contribution in [2.24, 2.45) is 17.8 Å². The second-order valence-corrected chi connectivity index (χ2v) is 4.98. The predicted octanol–water partition coefficient (Wildman–Crippen LogP) is 1.52. The maximum absolute atomic E-state index is 11.7. The van der Waals surface area contributed by atoms with Crippen LogP contribution in [0.4, 0.5) is 5.00 Å². The Morgan fingerprint density at radius 3 is 2.86 bits per heavy atom. The van der Waals surface area contributed by atoms with Gasteiger partial charge in [0.2, 0.25) is 5.91 Å². The van der Waals surface area contributed by atoms with Crippen LogP contribution in [0.15, 0.2) is 6.20 Å². The number of carbonyl (C=O) groups excluding carboxylic acids is 1. The number of aromatic nitrogens is 2. The second kappa shape index (κ2) is 3.02. The Balaban J connectivity index is 1.60. The highest BCUT2D eigenvalue weighted by Crippen LogP contribution is 2.54. The standard InChI is InChI=1S/C9H11N3OS/c13-9(11-8-4-10-12-14-8)7-2-5-1-6(5)3-7/h4-7H,1-3H2,(H,11,13). The van der Waals surface area contributed by atoms with Crippen LogP contribution in [0.25, 0.3) is 0 Å². The van der Waals surface area contributed by atoms with Crippen LogP contribution in [0.5, 0.6) is 0 Å². The largest absolute Gasteiger partial charge is 0.315 e. The van der Waals surface area contributed by atoms with Gasteiger partial charge in [0.1, 0.15) is 5.00 Å². The van der Waals surface area contributed by atoms with E-state index in [1.807, 2.05) is 0 Å². The monoisotopic (exact) mass is 209 g/mol. The average molecular weight is 209 g/mol. The Labute approximate surface area is 85.9 Å². The highest BCUT2D eigenvalue weighted by atomic mass is 32.1. The number of hydrogen-bond donors (Lipinski definition) is 1. The fourth-order valence-electron chi connectivity index (χ4n) is 2.37. The molecule has 2 unspecified atom stereocenters. The summed E-state index contributed by atoms with van der Waals surface area (Å²) in [6.07, 6.45) is 5.12. The zero-order valence-corrected chi connectivity index (χ0v) is 8.46. The van der Waals surface area contributed by atoms with Crippen molar-refractivity contribution in [1.29, 1.82) is 0 Å². The normalized spacial score (nSPS) is 33.9. The Morgan fingerprint density at radius 2 is 2.21 bits per heavy atom. The van der Waals surface area contributed by atoms with Gasteiger partial charge < -0.3 is 5.32 Å². The van der Waals surface area contributed by atoms with Crippen molar-refractivity contribution in [3.8, 4) is 0 Å². The van der Waals surface area contributed by atoms with Crippen LogP contribution in [-0.2, 0) is 4.79 Å². The molecule has 2 atom stereocenters. The minimum absolute atomic E-state index is 0.156. The SMILES string of the molecule is O=C(Nc1cnns1)C1CC2CC2C1. The van der Waals surface area contributed by atoms with Crippen LogP contribution < -0.4 is 5.32 Å². The van der Waals surface area contributed by atoms with Crippen LogP contribution in [0.3, 0.4) is 0 Å². The van der Waals surface area contributed by atoms with Crippen molar-refractivity contribution in [3.63, 3.8) is 0 Å². The van der Waals surface area contributed by atoms with Crippen molar-refractivity contribution in [1.82, 2.24) is 9.59 Å². The number of rotatable bonds is 2. The van der Waals surface area contributed by atoms with E-state index in [0.29, 0.717) is 0 Å². The van der Waals surface area contributed by atoms with E-state index in [9.17, 15) is 4.79 Å². The molecule has 2 aliphatic carbocycles. The van der Waals surface area contributed by atoms with Gasteiger partial charge in [0, 0.05) is 17.5 Å². The summed E-state index contributed by atoms with van der Waals surface area (Å²) in [5, 5.41) is 7.30. The molecule has 1 aromatic rings. The van der Waals surface area contributed by atoms with E-state index >= 15 is 0 Å². The molecular weight excluding hydrogens is 198 g/mol. The Bertz CT molecular complexity index is 341. The van der Waals surface area contributed by atoms with E-state index in [0.717, 1.165) is 29.7 Å². The summed E-state index contributed by atoms with van der Waals surface area (Å²) in [5.74, 6) is 2.10. The molecule has 1 aromatic heterocycles. The van der Waals surface area contributed by atoms with E-state index in [-0.39, 0.29) is 11.8 Å². The Morgan fingerprint density at radius 1 is 1.43 bits per heavy atom. The third kappa shape index (κ3) is 1.41. The molecule has 4 nitrogen and oxygen atoms in total. The van der Waals surface area contributed by atoms with Gasteiger partial charge in [-0.2, -0.15) is 0 Å². The number of nitrogens with zero attached hydrogens (tertiary/aromatic N) is 2. The first kappa shape index (κ1) is 8.35. The van der Waals surface area contributed by atoms with Gasteiger partial charge in [0.25, 0.3) is 0 Å². The second-order valence-electron chi connectivity index (χ2n) is 4.20. The molecule has 0 saturated heterocycles. The lowest BCUT2D eigenvalue weighted by Gasteiger charge is -2.09. The first-order valence-electron chi connectivity index (χ1n) is 4.91. The van der Waals surface area contributed by atoms with E-state index in [1.54, 1.807) is 6.20 Å².